The largest absolute Gasteiger partial charge is 0.486 e. The Balaban J connectivity index is 1.51. The van der Waals surface area contributed by atoms with E-state index in [-0.39, 0.29) is 18.0 Å². The van der Waals surface area contributed by atoms with E-state index in [1.54, 1.807) is 17.9 Å². The molecule has 1 aliphatic rings. The van der Waals surface area contributed by atoms with Crippen molar-refractivity contribution >= 4 is 11.7 Å². The molecule has 2 heterocycles. The van der Waals surface area contributed by atoms with Gasteiger partial charge in [0.25, 0.3) is 0 Å². The molecule has 0 saturated carbocycles. The number of carbonyl (C=O) groups excluding carboxylic acids is 1. The number of urea groups is 1. The molecule has 0 aliphatic carbocycles. The van der Waals surface area contributed by atoms with Gasteiger partial charge in [-0.2, -0.15) is 0 Å². The standard InChI is InChI=1S/C16H15FN2O4/c1-10-6-13(7-15(20)22-10)23-14-8-19(9-14)16(21)18-12-4-2-11(17)3-5-12/h2-7,14H,8-9H2,1H3,(H,18,21). The van der Waals surface area contributed by atoms with Gasteiger partial charge in [0, 0.05) is 11.8 Å². The van der Waals surface area contributed by atoms with E-state index in [1.807, 2.05) is 0 Å². The lowest BCUT2D eigenvalue weighted by atomic mass is 10.2. The van der Waals surface area contributed by atoms with Gasteiger partial charge in [-0.3, -0.25) is 0 Å². The van der Waals surface area contributed by atoms with Crippen molar-refractivity contribution in [2.45, 2.75) is 13.0 Å². The van der Waals surface area contributed by atoms with Crippen molar-refractivity contribution in [1.29, 1.82) is 0 Å². The first-order valence-electron chi connectivity index (χ1n) is 7.09. The van der Waals surface area contributed by atoms with Crippen LogP contribution in [0.15, 0.2) is 45.6 Å². The normalized spacial score (nSPS) is 14.3. The molecule has 3 rings (SSSR count). The Labute approximate surface area is 131 Å². The highest BCUT2D eigenvalue weighted by atomic mass is 19.1. The molecule has 120 valence electrons. The maximum Gasteiger partial charge on any atom is 0.339 e. The fourth-order valence-corrected chi connectivity index (χ4v) is 2.25. The van der Waals surface area contributed by atoms with E-state index >= 15 is 0 Å². The summed E-state index contributed by atoms with van der Waals surface area (Å²) in [7, 11) is 0. The summed E-state index contributed by atoms with van der Waals surface area (Å²) < 4.78 is 23.3. The van der Waals surface area contributed by atoms with Crippen molar-refractivity contribution in [3.63, 3.8) is 0 Å². The van der Waals surface area contributed by atoms with Crippen LogP contribution < -0.4 is 15.7 Å². The molecule has 6 nitrogen and oxygen atoms in total. The van der Waals surface area contributed by atoms with E-state index in [0.29, 0.717) is 30.3 Å². The van der Waals surface area contributed by atoms with Crippen LogP contribution in [0.5, 0.6) is 5.75 Å². The van der Waals surface area contributed by atoms with E-state index < -0.39 is 5.63 Å². The number of hydrogen-bond donors (Lipinski definition) is 1. The molecule has 2 amide bonds. The molecule has 0 spiro atoms. The van der Waals surface area contributed by atoms with Crippen LogP contribution in [-0.4, -0.2) is 30.1 Å². The highest BCUT2D eigenvalue weighted by Gasteiger charge is 2.32. The Morgan fingerprint density at radius 2 is 2.00 bits per heavy atom. The van der Waals surface area contributed by atoms with E-state index in [9.17, 15) is 14.0 Å². The molecular formula is C16H15FN2O4. The van der Waals surface area contributed by atoms with Gasteiger partial charge in [0.2, 0.25) is 0 Å². The van der Waals surface area contributed by atoms with E-state index in [1.165, 1.54) is 30.3 Å². The van der Waals surface area contributed by atoms with Gasteiger partial charge in [-0.15, -0.1) is 0 Å². The number of aryl methyl sites for hydroxylation is 1. The summed E-state index contributed by atoms with van der Waals surface area (Å²) in [6.07, 6.45) is -0.171. The first kappa shape index (κ1) is 15.1. The summed E-state index contributed by atoms with van der Waals surface area (Å²) >= 11 is 0. The second-order valence-electron chi connectivity index (χ2n) is 5.30. The summed E-state index contributed by atoms with van der Waals surface area (Å²) in [4.78, 5) is 24.8. The molecule has 1 saturated heterocycles. The number of benzene rings is 1. The molecule has 7 heteroatoms. The molecule has 2 aromatic rings. The number of amides is 2. The van der Waals surface area contributed by atoms with Crippen LogP contribution in [0, 0.1) is 12.7 Å². The highest BCUT2D eigenvalue weighted by molar-refractivity contribution is 5.89. The topological polar surface area (TPSA) is 71.8 Å². The van der Waals surface area contributed by atoms with Crippen LogP contribution >= 0.6 is 0 Å². The minimum absolute atomic E-state index is 0.171. The van der Waals surface area contributed by atoms with Crippen molar-refractivity contribution in [2.24, 2.45) is 0 Å². The number of halogens is 1. The lowest BCUT2D eigenvalue weighted by Crippen LogP contribution is -2.57. The average molecular weight is 318 g/mol. The number of likely N-dealkylation sites (tertiary alicyclic amines) is 1. The number of ether oxygens (including phenoxy) is 1. The maximum absolute atomic E-state index is 12.8. The number of nitrogens with zero attached hydrogens (tertiary/aromatic N) is 1. The highest BCUT2D eigenvalue weighted by Crippen LogP contribution is 2.19. The number of hydrogen-bond acceptors (Lipinski definition) is 4. The van der Waals surface area contributed by atoms with Crippen LogP contribution in [0.2, 0.25) is 0 Å². The second-order valence-corrected chi connectivity index (χ2v) is 5.30. The molecule has 0 atom stereocenters. The van der Waals surface area contributed by atoms with Gasteiger partial charge in [0.05, 0.1) is 19.2 Å². The van der Waals surface area contributed by atoms with E-state index in [4.69, 9.17) is 9.15 Å². The Bertz CT molecular complexity index is 766. The molecule has 1 aliphatic heterocycles. The van der Waals surface area contributed by atoms with Gasteiger partial charge in [-0.1, -0.05) is 0 Å². The van der Waals surface area contributed by atoms with Crippen molar-refractivity contribution in [1.82, 2.24) is 4.90 Å². The molecule has 23 heavy (non-hydrogen) atoms. The predicted octanol–water partition coefficient (Wildman–Crippen LogP) is 2.38. The zero-order valence-electron chi connectivity index (χ0n) is 12.4. The molecule has 1 N–H and O–H groups in total. The molecule has 0 unspecified atom stereocenters. The maximum atomic E-state index is 12.8. The summed E-state index contributed by atoms with van der Waals surface area (Å²) in [5.41, 5.74) is 0.0577. The Hall–Kier alpha value is -2.83. The average Bonchev–Trinajstić information content (AvgIpc) is 2.43. The quantitative estimate of drug-likeness (QED) is 0.943. The predicted molar refractivity (Wildman–Crippen MR) is 81.1 cm³/mol. The van der Waals surface area contributed by atoms with Gasteiger partial charge in [0.1, 0.15) is 23.4 Å². The Morgan fingerprint density at radius 3 is 2.65 bits per heavy atom. The third-order valence-electron chi connectivity index (χ3n) is 3.40. The third-order valence-corrected chi connectivity index (χ3v) is 3.40. The van der Waals surface area contributed by atoms with Crippen LogP contribution in [0.1, 0.15) is 5.76 Å². The van der Waals surface area contributed by atoms with Crippen LogP contribution in [0.4, 0.5) is 14.9 Å². The van der Waals surface area contributed by atoms with Crippen molar-refractivity contribution < 1.29 is 18.3 Å². The lowest BCUT2D eigenvalue weighted by Gasteiger charge is -2.38. The third kappa shape index (κ3) is 3.68. The van der Waals surface area contributed by atoms with Gasteiger partial charge >= 0.3 is 11.7 Å². The summed E-state index contributed by atoms with van der Waals surface area (Å²) in [5, 5.41) is 2.67. The Morgan fingerprint density at radius 1 is 1.30 bits per heavy atom. The molecule has 0 radical (unpaired) electrons. The first-order valence-corrected chi connectivity index (χ1v) is 7.09. The minimum Gasteiger partial charge on any atom is -0.486 e. The van der Waals surface area contributed by atoms with Gasteiger partial charge in [-0.05, 0) is 31.2 Å². The second kappa shape index (κ2) is 6.12. The van der Waals surface area contributed by atoms with Crippen LogP contribution in [0.3, 0.4) is 0 Å². The number of rotatable bonds is 3. The number of nitrogens with one attached hydrogen (secondary N) is 1. The van der Waals surface area contributed by atoms with Crippen LogP contribution in [-0.2, 0) is 0 Å². The van der Waals surface area contributed by atoms with E-state index in [2.05, 4.69) is 5.32 Å². The van der Waals surface area contributed by atoms with Crippen LogP contribution in [0.25, 0.3) is 0 Å². The van der Waals surface area contributed by atoms with Gasteiger partial charge in [0.15, 0.2) is 0 Å². The zero-order valence-corrected chi connectivity index (χ0v) is 12.4. The lowest BCUT2D eigenvalue weighted by molar-refractivity contribution is 0.0487. The molecule has 1 aromatic carbocycles. The van der Waals surface area contributed by atoms with Crippen molar-refractivity contribution in [3.05, 3.63) is 58.4 Å². The van der Waals surface area contributed by atoms with E-state index in [0.717, 1.165) is 0 Å². The molecule has 0 bridgehead atoms. The van der Waals surface area contributed by atoms with Gasteiger partial charge in [-0.25, -0.2) is 14.0 Å². The summed E-state index contributed by atoms with van der Waals surface area (Å²) in [6, 6.07) is 8.17. The summed E-state index contributed by atoms with van der Waals surface area (Å²) in [5.74, 6) is 0.545. The Kier molecular flexibility index (Phi) is 4.01. The molecular weight excluding hydrogens is 303 g/mol. The van der Waals surface area contributed by atoms with Crippen molar-refractivity contribution in [3.8, 4) is 5.75 Å². The minimum atomic E-state index is -0.467. The zero-order chi connectivity index (χ0) is 16.4. The fraction of sp³-hybridized carbons (Fsp3) is 0.250. The summed E-state index contributed by atoms with van der Waals surface area (Å²) in [6.45, 7) is 2.48. The smallest absolute Gasteiger partial charge is 0.339 e. The monoisotopic (exact) mass is 318 g/mol. The number of anilines is 1. The molecule has 1 fully saturated rings. The fourth-order valence-electron chi connectivity index (χ4n) is 2.25. The van der Waals surface area contributed by atoms with Crippen molar-refractivity contribution in [2.75, 3.05) is 18.4 Å². The first-order chi connectivity index (χ1) is 11.0. The SMILES string of the molecule is Cc1cc(OC2CN(C(=O)Nc3ccc(F)cc3)C2)cc(=O)o1. The molecule has 1 aromatic heterocycles. The number of carbonyl (C=O) groups is 1. The van der Waals surface area contributed by atoms with Gasteiger partial charge < -0.3 is 19.4 Å².